The van der Waals surface area contributed by atoms with Gasteiger partial charge in [0.2, 0.25) is 9.05 Å². The number of halogens is 2. The third kappa shape index (κ3) is 5.19. The number of fused-ring (bicyclic) bond motifs is 3. The highest BCUT2D eigenvalue weighted by Gasteiger charge is 2.15. The third-order valence-electron chi connectivity index (χ3n) is 4.32. The normalized spacial score (nSPS) is 12.3. The van der Waals surface area contributed by atoms with Gasteiger partial charge in [-0.05, 0) is 38.0 Å². The van der Waals surface area contributed by atoms with Crippen LogP contribution in [0, 0.1) is 0 Å². The molecule has 0 aliphatic heterocycles. The lowest BCUT2D eigenvalue weighted by Crippen LogP contribution is -2.07. The number of aryl methyl sites for hydroxylation is 1. The molecule has 3 rings (SSSR count). The van der Waals surface area contributed by atoms with E-state index in [1.807, 2.05) is 25.1 Å². The second kappa shape index (κ2) is 8.86. The first kappa shape index (κ1) is 20.5. The molecule has 0 aliphatic rings. The smallest absolute Gasteiger partial charge is 0.232 e. The molecule has 0 amide bonds. The standard InChI is InChI=1S/C18H21BrClN3O3S/c1-2-26-12-17-22-16-11-21-15-10-13(19)6-7-14(15)18(16)23(17)8-4-3-5-9-27(20,24)25/h6-7,10-11H,2-5,8-9,12H2,1H3. The first-order valence-corrected chi connectivity index (χ1v) is 12.1. The van der Waals surface area contributed by atoms with Crippen molar-refractivity contribution in [2.75, 3.05) is 12.4 Å². The van der Waals surface area contributed by atoms with Gasteiger partial charge in [-0.3, -0.25) is 4.98 Å². The molecule has 146 valence electrons. The molecule has 0 spiro atoms. The van der Waals surface area contributed by atoms with Gasteiger partial charge in [-0.1, -0.05) is 22.4 Å². The molecule has 0 N–H and O–H groups in total. The van der Waals surface area contributed by atoms with Crippen molar-refractivity contribution in [1.82, 2.24) is 14.5 Å². The lowest BCUT2D eigenvalue weighted by Gasteiger charge is -2.10. The van der Waals surface area contributed by atoms with Crippen LogP contribution in [-0.2, 0) is 26.9 Å². The lowest BCUT2D eigenvalue weighted by atomic mass is 10.2. The fraction of sp³-hybridized carbons (Fsp3) is 0.444. The summed E-state index contributed by atoms with van der Waals surface area (Å²) < 4.78 is 30.9. The molecule has 9 heteroatoms. The number of imidazole rings is 1. The molecule has 1 aromatic carbocycles. The molecule has 0 saturated carbocycles. The SMILES string of the molecule is CCOCc1nc2cnc3cc(Br)ccc3c2n1CCCCCS(=O)(=O)Cl. The Morgan fingerprint density at radius 2 is 2.04 bits per heavy atom. The van der Waals surface area contributed by atoms with Crippen molar-refractivity contribution in [3.63, 3.8) is 0 Å². The third-order valence-corrected chi connectivity index (χ3v) is 6.05. The fourth-order valence-corrected chi connectivity index (χ4v) is 4.33. The van der Waals surface area contributed by atoms with E-state index >= 15 is 0 Å². The van der Waals surface area contributed by atoms with Crippen LogP contribution in [0.2, 0.25) is 0 Å². The summed E-state index contributed by atoms with van der Waals surface area (Å²) in [5, 5.41) is 1.04. The van der Waals surface area contributed by atoms with Gasteiger partial charge in [0.25, 0.3) is 0 Å². The maximum absolute atomic E-state index is 11.1. The molecule has 0 fully saturated rings. The van der Waals surface area contributed by atoms with E-state index in [-0.39, 0.29) is 5.75 Å². The molecule has 0 unspecified atom stereocenters. The summed E-state index contributed by atoms with van der Waals surface area (Å²) in [5.41, 5.74) is 2.77. The Bertz CT molecular complexity index is 1050. The maximum Gasteiger partial charge on any atom is 0.232 e. The summed E-state index contributed by atoms with van der Waals surface area (Å²) in [4.78, 5) is 9.22. The van der Waals surface area contributed by atoms with Crippen LogP contribution >= 0.6 is 26.6 Å². The molecule has 3 aromatic rings. The first-order valence-electron chi connectivity index (χ1n) is 8.82. The molecule has 0 saturated heterocycles. The molecule has 0 aliphatic carbocycles. The molecule has 2 aromatic heterocycles. The van der Waals surface area contributed by atoms with E-state index < -0.39 is 9.05 Å². The van der Waals surface area contributed by atoms with E-state index in [1.165, 1.54) is 0 Å². The number of pyridine rings is 1. The Balaban J connectivity index is 1.91. The number of benzene rings is 1. The Morgan fingerprint density at radius 1 is 1.22 bits per heavy atom. The van der Waals surface area contributed by atoms with Crippen LogP contribution in [0.1, 0.15) is 32.0 Å². The van der Waals surface area contributed by atoms with E-state index in [0.717, 1.165) is 51.6 Å². The fourth-order valence-electron chi connectivity index (χ4n) is 3.10. The molecular formula is C18H21BrClN3O3S. The number of unbranched alkanes of at least 4 members (excludes halogenated alkanes) is 2. The molecule has 0 atom stereocenters. The molecular weight excluding hydrogens is 454 g/mol. The minimum atomic E-state index is -3.43. The largest absolute Gasteiger partial charge is 0.374 e. The van der Waals surface area contributed by atoms with Crippen molar-refractivity contribution < 1.29 is 13.2 Å². The van der Waals surface area contributed by atoms with Gasteiger partial charge >= 0.3 is 0 Å². The number of aromatic nitrogens is 3. The van der Waals surface area contributed by atoms with Crippen molar-refractivity contribution in [3.8, 4) is 0 Å². The molecule has 27 heavy (non-hydrogen) atoms. The number of nitrogens with zero attached hydrogens (tertiary/aromatic N) is 3. The van der Waals surface area contributed by atoms with Gasteiger partial charge in [0.15, 0.2) is 0 Å². The van der Waals surface area contributed by atoms with Crippen LogP contribution in [0.5, 0.6) is 0 Å². The van der Waals surface area contributed by atoms with Gasteiger partial charge in [0.1, 0.15) is 17.9 Å². The summed E-state index contributed by atoms with van der Waals surface area (Å²) in [6.45, 7) is 3.73. The minimum absolute atomic E-state index is 0.00587. The van der Waals surface area contributed by atoms with Crippen molar-refractivity contribution in [2.24, 2.45) is 0 Å². The molecule has 6 nitrogen and oxygen atoms in total. The van der Waals surface area contributed by atoms with Crippen LogP contribution in [0.15, 0.2) is 28.9 Å². The van der Waals surface area contributed by atoms with Crippen molar-refractivity contribution in [3.05, 3.63) is 34.7 Å². The number of hydrogen-bond acceptors (Lipinski definition) is 5. The molecule has 0 radical (unpaired) electrons. The number of rotatable bonds is 9. The summed E-state index contributed by atoms with van der Waals surface area (Å²) in [7, 11) is 1.85. The quantitative estimate of drug-likeness (QED) is 0.334. The monoisotopic (exact) mass is 473 g/mol. The zero-order valence-corrected chi connectivity index (χ0v) is 18.1. The van der Waals surface area contributed by atoms with E-state index in [2.05, 4.69) is 25.5 Å². The predicted octanol–water partition coefficient (Wildman–Crippen LogP) is 4.62. The second-order valence-electron chi connectivity index (χ2n) is 6.27. The topological polar surface area (TPSA) is 74.1 Å². The van der Waals surface area contributed by atoms with Crippen LogP contribution < -0.4 is 0 Å². The van der Waals surface area contributed by atoms with Crippen molar-refractivity contribution in [2.45, 2.75) is 39.3 Å². The second-order valence-corrected chi connectivity index (χ2v) is 10.1. The number of ether oxygens (including phenoxy) is 1. The van der Waals surface area contributed by atoms with E-state index in [1.54, 1.807) is 6.20 Å². The average Bonchev–Trinajstić information content (AvgIpc) is 2.96. The summed E-state index contributed by atoms with van der Waals surface area (Å²) >= 11 is 3.49. The van der Waals surface area contributed by atoms with Gasteiger partial charge < -0.3 is 9.30 Å². The highest BCUT2D eigenvalue weighted by Crippen LogP contribution is 2.27. The van der Waals surface area contributed by atoms with Crippen LogP contribution in [0.25, 0.3) is 21.9 Å². The van der Waals surface area contributed by atoms with Gasteiger partial charge in [0.05, 0.1) is 23.0 Å². The zero-order chi connectivity index (χ0) is 19.4. The zero-order valence-electron chi connectivity index (χ0n) is 15.0. The van der Waals surface area contributed by atoms with Gasteiger partial charge in [-0.25, -0.2) is 13.4 Å². The Kier molecular flexibility index (Phi) is 6.73. The molecule has 2 heterocycles. The minimum Gasteiger partial charge on any atom is -0.374 e. The average molecular weight is 475 g/mol. The lowest BCUT2D eigenvalue weighted by molar-refractivity contribution is 0.126. The Hall–Kier alpha value is -1.22. The highest BCUT2D eigenvalue weighted by atomic mass is 79.9. The number of hydrogen-bond donors (Lipinski definition) is 0. The highest BCUT2D eigenvalue weighted by molar-refractivity contribution is 9.10. The Morgan fingerprint density at radius 3 is 2.78 bits per heavy atom. The predicted molar refractivity (Wildman–Crippen MR) is 112 cm³/mol. The van der Waals surface area contributed by atoms with Crippen LogP contribution in [0.3, 0.4) is 0 Å². The summed E-state index contributed by atoms with van der Waals surface area (Å²) in [6, 6.07) is 6.02. The van der Waals surface area contributed by atoms with E-state index in [9.17, 15) is 8.42 Å². The Labute approximate surface area is 171 Å². The first-order chi connectivity index (χ1) is 12.9. The molecule has 0 bridgehead atoms. The van der Waals surface area contributed by atoms with Gasteiger partial charge in [0, 0.05) is 33.7 Å². The van der Waals surface area contributed by atoms with Gasteiger partial charge in [-0.15, -0.1) is 0 Å². The van der Waals surface area contributed by atoms with E-state index in [4.69, 9.17) is 20.4 Å². The van der Waals surface area contributed by atoms with Crippen LogP contribution in [-0.4, -0.2) is 35.3 Å². The van der Waals surface area contributed by atoms with Gasteiger partial charge in [-0.2, -0.15) is 0 Å². The maximum atomic E-state index is 11.1. The van der Waals surface area contributed by atoms with Crippen LogP contribution in [0.4, 0.5) is 0 Å². The summed E-state index contributed by atoms with van der Waals surface area (Å²) in [5.74, 6) is 0.861. The summed E-state index contributed by atoms with van der Waals surface area (Å²) in [6.07, 6.45) is 3.94. The van der Waals surface area contributed by atoms with Crippen molar-refractivity contribution in [1.29, 1.82) is 0 Å². The van der Waals surface area contributed by atoms with Crippen molar-refractivity contribution >= 4 is 57.6 Å². The van der Waals surface area contributed by atoms with E-state index in [0.29, 0.717) is 19.6 Å².